The maximum absolute atomic E-state index is 13.5. The zero-order valence-electron chi connectivity index (χ0n) is 10.1. The summed E-state index contributed by atoms with van der Waals surface area (Å²) in [6.45, 7) is 1.57. The number of likely N-dealkylation sites (N-methyl/N-ethyl adjacent to an activating group) is 1. The Morgan fingerprint density at radius 2 is 2.00 bits per heavy atom. The van der Waals surface area contributed by atoms with Gasteiger partial charge in [0.15, 0.2) is 11.6 Å². The molecule has 0 amide bonds. The molecule has 3 nitrogen and oxygen atoms in total. The largest absolute Gasteiger partial charge is 0.300 e. The first kappa shape index (κ1) is 13.3. The maximum atomic E-state index is 13.5. The number of benzene rings is 1. The van der Waals surface area contributed by atoms with Crippen LogP contribution in [0.1, 0.15) is 12.0 Å². The summed E-state index contributed by atoms with van der Waals surface area (Å²) in [6.07, 6.45) is 0.957. The average Bonchev–Trinajstić information content (AvgIpc) is 2.82. The maximum Gasteiger partial charge on any atom is 0.166 e. The van der Waals surface area contributed by atoms with E-state index in [1.165, 1.54) is 0 Å². The number of nitrogens with one attached hydrogen (secondary N) is 2. The van der Waals surface area contributed by atoms with E-state index in [0.29, 0.717) is 6.54 Å². The van der Waals surface area contributed by atoms with Gasteiger partial charge in [-0.15, -0.1) is 0 Å². The van der Waals surface area contributed by atoms with E-state index < -0.39 is 17.5 Å². The topological polar surface area (TPSA) is 27.3 Å². The van der Waals surface area contributed by atoms with Crippen molar-refractivity contribution < 1.29 is 13.2 Å². The Bertz CT molecular complexity index is 419. The fourth-order valence-corrected chi connectivity index (χ4v) is 2.10. The second-order valence-electron chi connectivity index (χ2n) is 4.58. The van der Waals surface area contributed by atoms with Gasteiger partial charge in [-0.2, -0.15) is 0 Å². The van der Waals surface area contributed by atoms with E-state index in [-0.39, 0.29) is 18.2 Å². The molecule has 1 atom stereocenters. The molecule has 1 aliphatic rings. The SMILES string of the molecule is CN(Cc1c(F)ccc(F)c1F)CC1CCNN1. The Labute approximate surface area is 104 Å². The highest BCUT2D eigenvalue weighted by Crippen LogP contribution is 2.17. The first-order valence-electron chi connectivity index (χ1n) is 5.87. The highest BCUT2D eigenvalue weighted by Gasteiger charge is 2.19. The molecule has 100 valence electrons. The lowest BCUT2D eigenvalue weighted by molar-refractivity contribution is 0.279. The van der Waals surface area contributed by atoms with Gasteiger partial charge >= 0.3 is 0 Å². The van der Waals surface area contributed by atoms with Crippen LogP contribution in [-0.4, -0.2) is 31.1 Å². The summed E-state index contributed by atoms with van der Waals surface area (Å²) in [6, 6.07) is 2.00. The first-order valence-corrected chi connectivity index (χ1v) is 5.87. The van der Waals surface area contributed by atoms with E-state index in [0.717, 1.165) is 25.1 Å². The van der Waals surface area contributed by atoms with Crippen LogP contribution in [-0.2, 0) is 6.54 Å². The molecule has 1 heterocycles. The first-order chi connectivity index (χ1) is 8.58. The standard InChI is InChI=1S/C12H16F3N3/c1-18(6-8-4-5-16-17-8)7-9-10(13)2-3-11(14)12(9)15/h2-3,8,16-17H,4-7H2,1H3. The Morgan fingerprint density at radius 3 is 2.67 bits per heavy atom. The van der Waals surface area contributed by atoms with Crippen LogP contribution in [0.4, 0.5) is 13.2 Å². The summed E-state index contributed by atoms with van der Waals surface area (Å²) in [5.41, 5.74) is 5.83. The Balaban J connectivity index is 2.01. The van der Waals surface area contributed by atoms with Gasteiger partial charge in [-0.1, -0.05) is 0 Å². The fraction of sp³-hybridized carbons (Fsp3) is 0.500. The van der Waals surface area contributed by atoms with E-state index >= 15 is 0 Å². The third-order valence-electron chi connectivity index (χ3n) is 3.02. The smallest absolute Gasteiger partial charge is 0.166 e. The molecular formula is C12H16F3N3. The monoisotopic (exact) mass is 259 g/mol. The Morgan fingerprint density at radius 1 is 1.28 bits per heavy atom. The van der Waals surface area contributed by atoms with Gasteiger partial charge in [0.1, 0.15) is 5.82 Å². The van der Waals surface area contributed by atoms with Crippen LogP contribution in [0, 0.1) is 17.5 Å². The molecule has 0 aliphatic carbocycles. The predicted molar refractivity (Wildman–Crippen MR) is 62.2 cm³/mol. The van der Waals surface area contributed by atoms with Crippen LogP contribution in [0.2, 0.25) is 0 Å². The second kappa shape index (κ2) is 5.69. The quantitative estimate of drug-likeness (QED) is 0.800. The van der Waals surface area contributed by atoms with Crippen LogP contribution in [0.25, 0.3) is 0 Å². The fourth-order valence-electron chi connectivity index (χ4n) is 2.10. The van der Waals surface area contributed by atoms with Gasteiger partial charge in [-0.3, -0.25) is 10.9 Å². The molecule has 6 heteroatoms. The summed E-state index contributed by atoms with van der Waals surface area (Å²) >= 11 is 0. The molecule has 0 radical (unpaired) electrons. The van der Waals surface area contributed by atoms with Gasteiger partial charge < -0.3 is 4.90 Å². The van der Waals surface area contributed by atoms with Crippen LogP contribution < -0.4 is 10.9 Å². The van der Waals surface area contributed by atoms with Crippen molar-refractivity contribution >= 4 is 0 Å². The van der Waals surface area contributed by atoms with Crippen LogP contribution in [0.15, 0.2) is 12.1 Å². The minimum absolute atomic E-state index is 0.0492. The number of hydrogen-bond acceptors (Lipinski definition) is 3. The summed E-state index contributed by atoms with van der Waals surface area (Å²) in [7, 11) is 1.75. The number of halogens is 3. The zero-order valence-corrected chi connectivity index (χ0v) is 10.1. The van der Waals surface area contributed by atoms with Crippen molar-refractivity contribution in [3.63, 3.8) is 0 Å². The lowest BCUT2D eigenvalue weighted by atomic mass is 10.1. The molecule has 0 bridgehead atoms. The van der Waals surface area contributed by atoms with Gasteiger partial charge in [0.2, 0.25) is 0 Å². The molecule has 1 aromatic rings. The average molecular weight is 259 g/mol. The zero-order chi connectivity index (χ0) is 13.1. The molecule has 0 saturated carbocycles. The normalized spacial score (nSPS) is 19.7. The number of hydrazine groups is 1. The van der Waals surface area contributed by atoms with Crippen LogP contribution in [0.5, 0.6) is 0 Å². The third kappa shape index (κ3) is 3.01. The van der Waals surface area contributed by atoms with E-state index in [1.807, 2.05) is 0 Å². The minimum atomic E-state index is -1.10. The molecule has 18 heavy (non-hydrogen) atoms. The van der Waals surface area contributed by atoms with Crippen LogP contribution in [0.3, 0.4) is 0 Å². The van der Waals surface area contributed by atoms with Crippen molar-refractivity contribution in [3.05, 3.63) is 35.1 Å². The highest BCUT2D eigenvalue weighted by atomic mass is 19.2. The van der Waals surface area contributed by atoms with Gasteiger partial charge in [-0.05, 0) is 25.6 Å². The molecule has 1 unspecified atom stereocenters. The van der Waals surface area contributed by atoms with E-state index in [1.54, 1.807) is 11.9 Å². The predicted octanol–water partition coefficient (Wildman–Crippen LogP) is 1.40. The van der Waals surface area contributed by atoms with E-state index in [9.17, 15) is 13.2 Å². The van der Waals surface area contributed by atoms with Crippen molar-refractivity contribution in [1.82, 2.24) is 15.8 Å². The second-order valence-corrected chi connectivity index (χ2v) is 4.58. The number of nitrogens with zero attached hydrogens (tertiary/aromatic N) is 1. The molecule has 2 N–H and O–H groups in total. The van der Waals surface area contributed by atoms with Gasteiger partial charge in [0, 0.05) is 31.2 Å². The third-order valence-corrected chi connectivity index (χ3v) is 3.02. The van der Waals surface area contributed by atoms with E-state index in [4.69, 9.17) is 0 Å². The Kier molecular flexibility index (Phi) is 4.21. The minimum Gasteiger partial charge on any atom is -0.300 e. The van der Waals surface area contributed by atoms with Crippen LogP contribution >= 0.6 is 0 Å². The molecule has 0 spiro atoms. The highest BCUT2D eigenvalue weighted by molar-refractivity contribution is 5.21. The van der Waals surface area contributed by atoms with Gasteiger partial charge in [0.25, 0.3) is 0 Å². The van der Waals surface area contributed by atoms with Gasteiger partial charge in [-0.25, -0.2) is 13.2 Å². The number of rotatable bonds is 4. The molecule has 1 aliphatic heterocycles. The van der Waals surface area contributed by atoms with Crippen molar-refractivity contribution in [2.75, 3.05) is 20.1 Å². The molecule has 1 saturated heterocycles. The van der Waals surface area contributed by atoms with Gasteiger partial charge in [0.05, 0.1) is 0 Å². The molecular weight excluding hydrogens is 243 g/mol. The lowest BCUT2D eigenvalue weighted by Crippen LogP contribution is -2.38. The summed E-state index contributed by atoms with van der Waals surface area (Å²) in [5.74, 6) is -2.82. The van der Waals surface area contributed by atoms with Crippen molar-refractivity contribution in [1.29, 1.82) is 0 Å². The molecule has 0 aromatic heterocycles. The van der Waals surface area contributed by atoms with E-state index in [2.05, 4.69) is 10.9 Å². The molecule has 1 fully saturated rings. The van der Waals surface area contributed by atoms with Crippen molar-refractivity contribution in [3.8, 4) is 0 Å². The molecule has 1 aromatic carbocycles. The lowest BCUT2D eigenvalue weighted by Gasteiger charge is -2.21. The van der Waals surface area contributed by atoms with Crippen molar-refractivity contribution in [2.45, 2.75) is 19.0 Å². The molecule has 2 rings (SSSR count). The van der Waals surface area contributed by atoms with Crippen molar-refractivity contribution in [2.24, 2.45) is 0 Å². The summed E-state index contributed by atoms with van der Waals surface area (Å²) < 4.78 is 39.9. The number of hydrogen-bond donors (Lipinski definition) is 2. The summed E-state index contributed by atoms with van der Waals surface area (Å²) in [5, 5.41) is 0. The summed E-state index contributed by atoms with van der Waals surface area (Å²) in [4.78, 5) is 1.77. The Hall–Kier alpha value is -1.11.